The Morgan fingerprint density at radius 1 is 1.09 bits per heavy atom. The summed E-state index contributed by atoms with van der Waals surface area (Å²) in [4.78, 5) is 4.27. The third-order valence-electron chi connectivity index (χ3n) is 3.40. The van der Waals surface area contributed by atoms with Gasteiger partial charge in [0.2, 0.25) is 11.6 Å². The van der Waals surface area contributed by atoms with E-state index in [-0.39, 0.29) is 11.6 Å². The molecule has 0 bridgehead atoms. The van der Waals surface area contributed by atoms with Gasteiger partial charge in [0.05, 0.1) is 0 Å². The molecule has 3 aromatic rings. The number of halogens is 2. The largest absolute Gasteiger partial charge is 0.478 e. The summed E-state index contributed by atoms with van der Waals surface area (Å²) in [5.41, 5.74) is 1.84. The average molecular weight is 316 g/mol. The van der Waals surface area contributed by atoms with E-state index in [1.807, 2.05) is 31.2 Å². The number of rotatable bonds is 4. The first-order valence-electron chi connectivity index (χ1n) is 7.06. The first-order chi connectivity index (χ1) is 11.1. The lowest BCUT2D eigenvalue weighted by Crippen LogP contribution is -2.05. The Balaban J connectivity index is 1.83. The molecule has 0 N–H and O–H groups in total. The minimum Gasteiger partial charge on any atom is -0.478 e. The van der Waals surface area contributed by atoms with Crippen molar-refractivity contribution in [2.75, 3.05) is 0 Å². The van der Waals surface area contributed by atoms with Crippen LogP contribution in [0.15, 0.2) is 47.0 Å². The fraction of sp³-hybridized carbons (Fsp3) is 0.176. The van der Waals surface area contributed by atoms with Gasteiger partial charge in [-0.2, -0.15) is 9.37 Å². The molecule has 0 aliphatic heterocycles. The van der Waals surface area contributed by atoms with E-state index >= 15 is 0 Å². The van der Waals surface area contributed by atoms with Crippen LogP contribution in [0.4, 0.5) is 8.78 Å². The van der Waals surface area contributed by atoms with E-state index in [9.17, 15) is 8.78 Å². The molecule has 1 aromatic heterocycles. The van der Waals surface area contributed by atoms with E-state index in [4.69, 9.17) is 9.26 Å². The van der Waals surface area contributed by atoms with Gasteiger partial charge in [-0.05, 0) is 31.5 Å². The quantitative estimate of drug-likeness (QED) is 0.713. The maximum absolute atomic E-state index is 13.6. The Bertz CT molecular complexity index is 833. The minimum absolute atomic E-state index is 0.187. The molecule has 0 saturated heterocycles. The fourth-order valence-electron chi connectivity index (χ4n) is 2.15. The molecule has 0 spiro atoms. The Labute approximate surface area is 131 Å². The number of ether oxygens (including phenoxy) is 1. The van der Waals surface area contributed by atoms with Crippen molar-refractivity contribution >= 4 is 0 Å². The van der Waals surface area contributed by atoms with Gasteiger partial charge in [-0.3, -0.25) is 0 Å². The van der Waals surface area contributed by atoms with Crippen molar-refractivity contribution in [3.63, 3.8) is 0 Å². The lowest BCUT2D eigenvalue weighted by atomic mass is 10.1. The number of hydrogen-bond donors (Lipinski definition) is 0. The van der Waals surface area contributed by atoms with Crippen LogP contribution in [0.1, 0.15) is 24.5 Å². The van der Waals surface area contributed by atoms with E-state index < -0.39 is 17.7 Å². The summed E-state index contributed by atoms with van der Waals surface area (Å²) in [6.07, 6.45) is -0.712. The van der Waals surface area contributed by atoms with E-state index in [0.29, 0.717) is 5.82 Å². The van der Waals surface area contributed by atoms with Gasteiger partial charge < -0.3 is 9.26 Å². The molecule has 3 rings (SSSR count). The summed E-state index contributed by atoms with van der Waals surface area (Å²) in [5, 5.41) is 3.92. The first-order valence-corrected chi connectivity index (χ1v) is 7.06. The van der Waals surface area contributed by atoms with Gasteiger partial charge in [0.1, 0.15) is 0 Å². The van der Waals surface area contributed by atoms with E-state index in [2.05, 4.69) is 10.1 Å². The van der Waals surface area contributed by atoms with Crippen molar-refractivity contribution in [3.8, 4) is 17.1 Å². The molecule has 0 aliphatic rings. The van der Waals surface area contributed by atoms with Gasteiger partial charge in [0.25, 0.3) is 5.89 Å². The van der Waals surface area contributed by atoms with Crippen molar-refractivity contribution in [1.29, 1.82) is 0 Å². The molecule has 0 amide bonds. The van der Waals surface area contributed by atoms with Crippen LogP contribution in [0, 0.1) is 18.6 Å². The smallest absolute Gasteiger partial charge is 0.267 e. The van der Waals surface area contributed by atoms with Crippen molar-refractivity contribution in [3.05, 3.63) is 65.6 Å². The summed E-state index contributed by atoms with van der Waals surface area (Å²) in [5.74, 6) is -1.60. The summed E-state index contributed by atoms with van der Waals surface area (Å²) in [7, 11) is 0. The molecule has 0 aliphatic carbocycles. The Morgan fingerprint density at radius 3 is 2.65 bits per heavy atom. The Morgan fingerprint density at radius 2 is 1.87 bits per heavy atom. The lowest BCUT2D eigenvalue weighted by Gasteiger charge is -2.11. The molecule has 1 unspecified atom stereocenters. The van der Waals surface area contributed by atoms with Gasteiger partial charge >= 0.3 is 0 Å². The van der Waals surface area contributed by atoms with Crippen molar-refractivity contribution < 1.29 is 18.0 Å². The van der Waals surface area contributed by atoms with Crippen LogP contribution in [0.3, 0.4) is 0 Å². The van der Waals surface area contributed by atoms with Gasteiger partial charge in [0.15, 0.2) is 17.7 Å². The van der Waals surface area contributed by atoms with Crippen LogP contribution in [0.5, 0.6) is 5.75 Å². The van der Waals surface area contributed by atoms with Crippen LogP contribution in [0.25, 0.3) is 11.4 Å². The highest BCUT2D eigenvalue weighted by atomic mass is 19.2. The molecule has 0 radical (unpaired) electrons. The molecule has 118 valence electrons. The summed E-state index contributed by atoms with van der Waals surface area (Å²) in [6.45, 7) is 3.56. The van der Waals surface area contributed by atoms with Crippen LogP contribution in [-0.4, -0.2) is 10.1 Å². The monoisotopic (exact) mass is 316 g/mol. The number of aryl methyl sites for hydroxylation is 1. The molecule has 0 fully saturated rings. The highest BCUT2D eigenvalue weighted by Gasteiger charge is 2.20. The van der Waals surface area contributed by atoms with Gasteiger partial charge in [-0.15, -0.1) is 0 Å². The molecule has 6 heteroatoms. The number of hydrogen-bond acceptors (Lipinski definition) is 4. The third kappa shape index (κ3) is 3.06. The van der Waals surface area contributed by atoms with Crippen molar-refractivity contribution in [2.45, 2.75) is 20.0 Å². The standard InChI is InChI=1S/C17H14F2N2O2/c1-10-6-3-4-7-12(10)16-20-17(23-21-16)11(2)22-14-9-5-8-13(18)15(14)19/h3-9,11H,1-2H3. The van der Waals surface area contributed by atoms with E-state index in [0.717, 1.165) is 17.2 Å². The second-order valence-electron chi connectivity index (χ2n) is 5.08. The Hall–Kier alpha value is -2.76. The molecule has 23 heavy (non-hydrogen) atoms. The van der Waals surface area contributed by atoms with Crippen molar-refractivity contribution in [1.82, 2.24) is 10.1 Å². The van der Waals surface area contributed by atoms with Crippen LogP contribution < -0.4 is 4.74 Å². The van der Waals surface area contributed by atoms with E-state index in [1.54, 1.807) is 6.92 Å². The third-order valence-corrected chi connectivity index (χ3v) is 3.40. The first kappa shape index (κ1) is 15.1. The molecule has 1 atom stereocenters. The molecular weight excluding hydrogens is 302 g/mol. The molecular formula is C17H14F2N2O2. The normalized spacial score (nSPS) is 12.2. The summed E-state index contributed by atoms with van der Waals surface area (Å²) >= 11 is 0. The van der Waals surface area contributed by atoms with Crippen LogP contribution in [0.2, 0.25) is 0 Å². The molecule has 0 saturated carbocycles. The molecule has 1 heterocycles. The predicted molar refractivity (Wildman–Crippen MR) is 79.9 cm³/mol. The zero-order valence-electron chi connectivity index (χ0n) is 12.6. The second-order valence-corrected chi connectivity index (χ2v) is 5.08. The highest BCUT2D eigenvalue weighted by molar-refractivity contribution is 5.58. The SMILES string of the molecule is Cc1ccccc1-c1noc(C(C)Oc2cccc(F)c2F)n1. The van der Waals surface area contributed by atoms with Crippen molar-refractivity contribution in [2.24, 2.45) is 0 Å². The predicted octanol–water partition coefficient (Wildman–Crippen LogP) is 4.46. The van der Waals surface area contributed by atoms with Crippen LogP contribution in [-0.2, 0) is 0 Å². The summed E-state index contributed by atoms with van der Waals surface area (Å²) < 4.78 is 37.4. The van der Waals surface area contributed by atoms with E-state index in [1.165, 1.54) is 12.1 Å². The fourth-order valence-corrected chi connectivity index (χ4v) is 2.15. The molecule has 2 aromatic carbocycles. The van der Waals surface area contributed by atoms with Gasteiger partial charge in [0, 0.05) is 5.56 Å². The average Bonchev–Trinajstić information content (AvgIpc) is 3.02. The Kier molecular flexibility index (Phi) is 4.06. The van der Waals surface area contributed by atoms with Gasteiger partial charge in [-0.25, -0.2) is 4.39 Å². The van der Waals surface area contributed by atoms with Gasteiger partial charge in [-0.1, -0.05) is 35.5 Å². The minimum atomic E-state index is -1.04. The highest BCUT2D eigenvalue weighted by Crippen LogP contribution is 2.27. The van der Waals surface area contributed by atoms with Crippen LogP contribution >= 0.6 is 0 Å². The molecule has 4 nitrogen and oxygen atoms in total. The zero-order valence-corrected chi connectivity index (χ0v) is 12.6. The number of aromatic nitrogens is 2. The maximum Gasteiger partial charge on any atom is 0.267 e. The maximum atomic E-state index is 13.6. The number of benzene rings is 2. The second kappa shape index (κ2) is 6.16. The lowest BCUT2D eigenvalue weighted by molar-refractivity contribution is 0.167. The zero-order chi connectivity index (χ0) is 16.4. The topological polar surface area (TPSA) is 48.2 Å². The summed E-state index contributed by atoms with van der Waals surface area (Å²) in [6, 6.07) is 11.3. The number of nitrogens with zero attached hydrogens (tertiary/aromatic N) is 2.